The van der Waals surface area contributed by atoms with Crippen LogP contribution in [0.25, 0.3) is 0 Å². The van der Waals surface area contributed by atoms with Gasteiger partial charge in [0.1, 0.15) is 17.5 Å². The zero-order chi connectivity index (χ0) is 14.0. The quantitative estimate of drug-likeness (QED) is 0.847. The van der Waals surface area contributed by atoms with Crippen molar-refractivity contribution in [2.24, 2.45) is 4.99 Å². The van der Waals surface area contributed by atoms with Crippen molar-refractivity contribution in [3.8, 4) is 0 Å². The van der Waals surface area contributed by atoms with Crippen LogP contribution in [0.15, 0.2) is 29.3 Å². The number of thioether (sulfide) groups is 1. The molecular weight excluding hydrogens is 268 g/mol. The van der Waals surface area contributed by atoms with Crippen LogP contribution in [0.4, 0.5) is 8.78 Å². The molecule has 5 heteroatoms. The van der Waals surface area contributed by atoms with Crippen molar-refractivity contribution >= 4 is 16.8 Å². The first-order valence-electron chi connectivity index (χ1n) is 6.10. The van der Waals surface area contributed by atoms with Crippen molar-refractivity contribution in [2.75, 3.05) is 13.7 Å². The molecule has 19 heavy (non-hydrogen) atoms. The average molecular weight is 285 g/mol. The molecule has 0 spiro atoms. The van der Waals surface area contributed by atoms with Crippen LogP contribution in [0.2, 0.25) is 0 Å². The Labute approximate surface area is 116 Å². The molecule has 0 saturated carbocycles. The van der Waals surface area contributed by atoms with Gasteiger partial charge in [-0.25, -0.2) is 8.78 Å². The van der Waals surface area contributed by atoms with E-state index in [1.54, 1.807) is 25.1 Å². The molecule has 2 nitrogen and oxygen atoms in total. The van der Waals surface area contributed by atoms with Gasteiger partial charge in [-0.05, 0) is 19.9 Å². The highest BCUT2D eigenvalue weighted by molar-refractivity contribution is 8.14. The van der Waals surface area contributed by atoms with Gasteiger partial charge in [-0.2, -0.15) is 0 Å². The van der Waals surface area contributed by atoms with Crippen LogP contribution in [0.5, 0.6) is 0 Å². The van der Waals surface area contributed by atoms with Gasteiger partial charge < -0.3 is 4.74 Å². The first-order chi connectivity index (χ1) is 8.99. The molecule has 1 aromatic rings. The summed E-state index contributed by atoms with van der Waals surface area (Å²) in [6, 6.07) is 6.23. The summed E-state index contributed by atoms with van der Waals surface area (Å²) in [7, 11) is 1.54. The van der Waals surface area contributed by atoms with E-state index in [0.29, 0.717) is 5.56 Å². The van der Waals surface area contributed by atoms with E-state index < -0.39 is 17.5 Å². The second kappa shape index (κ2) is 5.59. The molecule has 0 fully saturated rings. The van der Waals surface area contributed by atoms with Gasteiger partial charge in [0.2, 0.25) is 0 Å². The Morgan fingerprint density at radius 2 is 2.11 bits per heavy atom. The Kier molecular flexibility index (Phi) is 4.26. The normalized spacial score (nSPS) is 31.1. The topological polar surface area (TPSA) is 21.6 Å². The zero-order valence-corrected chi connectivity index (χ0v) is 12.0. The minimum absolute atomic E-state index is 0.280. The van der Waals surface area contributed by atoms with Gasteiger partial charge in [0, 0.05) is 12.7 Å². The van der Waals surface area contributed by atoms with Crippen LogP contribution >= 0.6 is 11.8 Å². The molecule has 0 N–H and O–H groups in total. The van der Waals surface area contributed by atoms with Crippen molar-refractivity contribution in [1.29, 1.82) is 0 Å². The number of ether oxygens (including phenoxy) is 1. The van der Waals surface area contributed by atoms with Gasteiger partial charge in [-0.15, -0.1) is 11.8 Å². The van der Waals surface area contributed by atoms with E-state index >= 15 is 0 Å². The minimum atomic E-state index is -1.29. The van der Waals surface area contributed by atoms with Crippen molar-refractivity contribution in [3.63, 3.8) is 0 Å². The molecule has 1 aliphatic heterocycles. The third kappa shape index (κ3) is 2.67. The average Bonchev–Trinajstić information content (AvgIpc) is 2.36. The van der Waals surface area contributed by atoms with E-state index in [-0.39, 0.29) is 11.9 Å². The molecule has 0 amide bonds. The maximum absolute atomic E-state index is 14.7. The zero-order valence-electron chi connectivity index (χ0n) is 11.2. The van der Waals surface area contributed by atoms with Crippen LogP contribution in [-0.4, -0.2) is 30.2 Å². The highest BCUT2D eigenvalue weighted by Crippen LogP contribution is 2.42. The number of alkyl halides is 1. The third-order valence-electron chi connectivity index (χ3n) is 3.33. The lowest BCUT2D eigenvalue weighted by atomic mass is 9.85. The van der Waals surface area contributed by atoms with Crippen LogP contribution in [-0.2, 0) is 10.3 Å². The monoisotopic (exact) mass is 285 g/mol. The SMILES string of the molecule is COC[C@H]1SC(C)=N[C@](C)(c2ccccc2F)[C@H]1F. The summed E-state index contributed by atoms with van der Waals surface area (Å²) in [5.41, 5.74) is -0.896. The highest BCUT2D eigenvalue weighted by atomic mass is 32.2. The number of halogens is 2. The van der Waals surface area contributed by atoms with Gasteiger partial charge in [0.05, 0.1) is 16.9 Å². The number of hydrogen-bond acceptors (Lipinski definition) is 3. The Hall–Kier alpha value is -0.940. The van der Waals surface area contributed by atoms with Gasteiger partial charge >= 0.3 is 0 Å². The van der Waals surface area contributed by atoms with Crippen molar-refractivity contribution in [2.45, 2.75) is 30.8 Å². The Bertz CT molecular complexity index is 494. The standard InChI is InChI=1S/C14H17F2NOS/c1-9-17-14(2,10-6-4-5-7-11(10)15)13(16)12(19-9)8-18-3/h4-7,12-13H,8H2,1-3H3/t12-,13+,14-/m1/s1. The maximum Gasteiger partial charge on any atom is 0.144 e. The number of nitrogens with zero attached hydrogens (tertiary/aromatic N) is 1. The summed E-state index contributed by atoms with van der Waals surface area (Å²) in [5.74, 6) is -0.424. The molecule has 1 aliphatic rings. The van der Waals surface area contributed by atoms with E-state index in [1.807, 2.05) is 6.92 Å². The first kappa shape index (κ1) is 14.5. The van der Waals surface area contributed by atoms with Crippen LogP contribution in [0.1, 0.15) is 19.4 Å². The number of methoxy groups -OCH3 is 1. The van der Waals surface area contributed by atoms with Gasteiger partial charge in [0.15, 0.2) is 0 Å². The fraction of sp³-hybridized carbons (Fsp3) is 0.500. The summed E-state index contributed by atoms with van der Waals surface area (Å²) in [5, 5.41) is 0.383. The lowest BCUT2D eigenvalue weighted by Gasteiger charge is -2.38. The molecule has 3 atom stereocenters. The Balaban J connectivity index is 2.46. The number of hydrogen-bond donors (Lipinski definition) is 0. The predicted octanol–water partition coefficient (Wildman–Crippen LogP) is 3.56. The maximum atomic E-state index is 14.7. The second-order valence-electron chi connectivity index (χ2n) is 4.77. The van der Waals surface area contributed by atoms with E-state index in [9.17, 15) is 8.78 Å². The lowest BCUT2D eigenvalue weighted by Crippen LogP contribution is -2.45. The molecule has 2 rings (SSSR count). The minimum Gasteiger partial charge on any atom is -0.383 e. The van der Waals surface area contributed by atoms with E-state index in [4.69, 9.17) is 4.74 Å². The fourth-order valence-electron chi connectivity index (χ4n) is 2.42. The summed E-state index contributed by atoms with van der Waals surface area (Å²) in [4.78, 5) is 4.37. The molecule has 0 aromatic heterocycles. The van der Waals surface area contributed by atoms with Crippen molar-refractivity contribution in [3.05, 3.63) is 35.6 Å². The van der Waals surface area contributed by atoms with E-state index in [1.165, 1.54) is 24.9 Å². The first-order valence-corrected chi connectivity index (χ1v) is 6.98. The third-order valence-corrected chi connectivity index (χ3v) is 4.44. The van der Waals surface area contributed by atoms with E-state index in [0.717, 1.165) is 5.04 Å². The van der Waals surface area contributed by atoms with Crippen molar-refractivity contribution in [1.82, 2.24) is 0 Å². The molecule has 0 aliphatic carbocycles. The number of rotatable bonds is 3. The van der Waals surface area contributed by atoms with Crippen LogP contribution in [0, 0.1) is 5.82 Å². The molecule has 0 saturated heterocycles. The number of aliphatic imine (C=N–C) groups is 1. The summed E-state index contributed by atoms with van der Waals surface area (Å²) < 4.78 is 33.8. The molecular formula is C14H17F2NOS. The lowest BCUT2D eigenvalue weighted by molar-refractivity contribution is 0.129. The van der Waals surface area contributed by atoms with Gasteiger partial charge in [-0.3, -0.25) is 4.99 Å². The van der Waals surface area contributed by atoms with E-state index in [2.05, 4.69) is 4.99 Å². The largest absolute Gasteiger partial charge is 0.383 e. The second-order valence-corrected chi connectivity index (χ2v) is 6.20. The highest BCUT2D eigenvalue weighted by Gasteiger charge is 2.46. The molecule has 1 aromatic carbocycles. The van der Waals surface area contributed by atoms with Crippen LogP contribution < -0.4 is 0 Å². The molecule has 1 heterocycles. The van der Waals surface area contributed by atoms with Crippen LogP contribution in [0.3, 0.4) is 0 Å². The molecule has 0 bridgehead atoms. The Morgan fingerprint density at radius 3 is 2.74 bits per heavy atom. The summed E-state index contributed by atoms with van der Waals surface area (Å²) in [6.07, 6.45) is -1.29. The fourth-order valence-corrected chi connectivity index (χ4v) is 3.69. The smallest absolute Gasteiger partial charge is 0.144 e. The van der Waals surface area contributed by atoms with Gasteiger partial charge in [-0.1, -0.05) is 18.2 Å². The summed E-state index contributed by atoms with van der Waals surface area (Å²) in [6.45, 7) is 3.74. The van der Waals surface area contributed by atoms with Crippen molar-refractivity contribution < 1.29 is 13.5 Å². The van der Waals surface area contributed by atoms with Gasteiger partial charge in [0.25, 0.3) is 0 Å². The predicted molar refractivity (Wildman–Crippen MR) is 75.0 cm³/mol. The summed E-state index contributed by atoms with van der Waals surface area (Å²) >= 11 is 1.35. The molecule has 0 radical (unpaired) electrons. The number of benzene rings is 1. The Morgan fingerprint density at radius 1 is 1.42 bits per heavy atom. The molecule has 0 unspecified atom stereocenters. The molecule has 104 valence electrons.